The van der Waals surface area contributed by atoms with E-state index < -0.39 is 422 Å². The van der Waals surface area contributed by atoms with Gasteiger partial charge in [-0.15, -0.1) is 0 Å². The topological polar surface area (TPSA) is 942 Å². The summed E-state index contributed by atoms with van der Waals surface area (Å²) in [6.07, 6.45) is -96.0. The van der Waals surface area contributed by atoms with Crippen molar-refractivity contribution >= 4 is 56.2 Å². The van der Waals surface area contributed by atoms with Gasteiger partial charge in [0.05, 0.1) is 65.6 Å². The highest BCUT2D eigenvalue weighted by Gasteiger charge is 2.63. The molecule has 10 rings (SSSR count). The van der Waals surface area contributed by atoms with Crippen molar-refractivity contribution in [3.8, 4) is 0 Å². The van der Waals surface area contributed by atoms with E-state index in [4.69, 9.17) is 90.0 Å². The second kappa shape index (κ2) is 48.5. The number of aliphatic hydroxyl groups excluding tert-OH is 23. The largest absolute Gasteiger partial charge is 0.397 e. The molecular formula is C72H120N6O56S2. The van der Waals surface area contributed by atoms with Crippen molar-refractivity contribution in [1.82, 2.24) is 31.9 Å². The van der Waals surface area contributed by atoms with Crippen LogP contribution < -0.4 is 31.9 Å². The van der Waals surface area contributed by atoms with E-state index in [1.165, 1.54) is 6.92 Å². The molecule has 6 amide bonds. The Morgan fingerprint density at radius 1 is 0.243 bits per heavy atom. The molecule has 0 spiro atoms. The zero-order chi connectivity index (χ0) is 101. The van der Waals surface area contributed by atoms with E-state index in [9.17, 15) is 172 Å². The molecule has 0 aromatic heterocycles. The average Bonchev–Trinajstić information content (AvgIpc) is 0.761. The molecule has 136 heavy (non-hydrogen) atoms. The van der Waals surface area contributed by atoms with E-state index in [1.807, 2.05) is 0 Å². The number of aliphatic hydroxyl groups is 23. The van der Waals surface area contributed by atoms with Crippen LogP contribution in [0.2, 0.25) is 0 Å². The van der Waals surface area contributed by atoms with Gasteiger partial charge in [-0.3, -0.25) is 37.9 Å². The molecule has 786 valence electrons. The predicted octanol–water partition coefficient (Wildman–Crippen LogP) is -21.3. The monoisotopic (exact) mass is 2030 g/mol. The highest BCUT2D eigenvalue weighted by Crippen LogP contribution is 2.41. The lowest BCUT2D eigenvalue weighted by atomic mass is 9.93. The summed E-state index contributed by atoms with van der Waals surface area (Å²) >= 11 is 0. The Morgan fingerprint density at radius 3 is 0.853 bits per heavy atom. The number of hydrogen-bond donors (Lipinski definition) is 31. The van der Waals surface area contributed by atoms with Gasteiger partial charge in [0.15, 0.2) is 62.9 Å². The maximum Gasteiger partial charge on any atom is 0.397 e. The molecule has 62 nitrogen and oxygen atoms in total. The van der Waals surface area contributed by atoms with E-state index in [0.29, 0.717) is 0 Å². The van der Waals surface area contributed by atoms with Crippen LogP contribution in [0.4, 0.5) is 0 Å². The molecule has 50 atom stereocenters. The average molecular weight is 2030 g/mol. The first-order valence-electron chi connectivity index (χ1n) is 42.3. The second-order valence-corrected chi connectivity index (χ2v) is 35.6. The third-order valence-corrected chi connectivity index (χ3v) is 24.6. The number of amides is 6. The van der Waals surface area contributed by atoms with Crippen LogP contribution in [0.3, 0.4) is 0 Å². The normalized spacial score (nSPS) is 45.9. The van der Waals surface area contributed by atoms with Crippen molar-refractivity contribution in [2.75, 3.05) is 59.5 Å². The van der Waals surface area contributed by atoms with E-state index in [1.54, 1.807) is 0 Å². The summed E-state index contributed by atoms with van der Waals surface area (Å²) in [5.74, 6) is -5.95. The number of carbonyl (C=O) groups is 6. The Morgan fingerprint density at radius 2 is 0.507 bits per heavy atom. The molecule has 0 radical (unpaired) electrons. The summed E-state index contributed by atoms with van der Waals surface area (Å²) in [4.78, 5) is 77.3. The molecule has 64 heteroatoms. The number of rotatable bonds is 37. The van der Waals surface area contributed by atoms with Gasteiger partial charge in [-0.1, -0.05) is 0 Å². The van der Waals surface area contributed by atoms with Gasteiger partial charge in [-0.25, -0.2) is 8.37 Å². The number of nitrogens with one attached hydrogen (secondary N) is 6. The fourth-order valence-corrected chi connectivity index (χ4v) is 18.1. The first-order chi connectivity index (χ1) is 63.8. The zero-order valence-electron chi connectivity index (χ0n) is 72.9. The molecule has 0 saturated carbocycles. The summed E-state index contributed by atoms with van der Waals surface area (Å²) in [5, 5.41) is 277. The summed E-state index contributed by atoms with van der Waals surface area (Å²) in [5.41, 5.74) is 0. The Bertz CT molecular complexity index is 4120. The SMILES string of the molecule is CC(=O)N[C@@H]1[C@@H](O)[C@H](O[C@@H]2O[C@H](CO)[C@@H](O[C@@H]3O[C@H](CO[C@H]4O[C@H](CO)[C@@H](O)[C@H](O)[C@@H]4O[C@@H]4O[C@H](CO)[C@@H](O[C@@H]5O[C@H](CO)[C@H](OS(=O)(=O)O)[C@H](O)[C@H]5NC(C)=O)[C@H](O)[C@H]4NC(C)=O)[C@@H](O)[C@H](O[C@H]4O[C@H](CO)[C@@H](O)[C@H](O)[C@@H]4O[C@@H]4O[C@H](CO)[C@@H](O[C@@H]5O[C@H](CO)[C@H](OS(=O)(=O)O)[C@H](O)[C@H]5NC(C)=O)[C@H](O)[C@H]4NC(C)=O)[C@@H]3O)[C@H](O)[C@H]2NC(C)=O)[C@@H](CO[C@@H]2O[C@@H](C)[C@@H](O)[C@@H](O)[C@@H]2O)O[C@H]1O. The van der Waals surface area contributed by atoms with E-state index >= 15 is 0 Å². The minimum atomic E-state index is -5.47. The number of ether oxygens (including phenoxy) is 19. The maximum atomic E-state index is 13.3. The van der Waals surface area contributed by atoms with Crippen LogP contribution in [0.15, 0.2) is 0 Å². The van der Waals surface area contributed by atoms with Gasteiger partial charge in [-0.2, -0.15) is 16.8 Å². The fourth-order valence-electron chi connectivity index (χ4n) is 17.1. The summed E-state index contributed by atoms with van der Waals surface area (Å²) < 4.78 is 190. The van der Waals surface area contributed by atoms with Gasteiger partial charge in [0.25, 0.3) is 0 Å². The van der Waals surface area contributed by atoms with Crippen molar-refractivity contribution in [3.63, 3.8) is 0 Å². The van der Waals surface area contributed by atoms with Crippen molar-refractivity contribution in [2.24, 2.45) is 0 Å². The van der Waals surface area contributed by atoms with Crippen LogP contribution in [0, 0.1) is 0 Å². The van der Waals surface area contributed by atoms with Crippen molar-refractivity contribution in [1.29, 1.82) is 0 Å². The molecule has 10 aliphatic rings. The predicted molar refractivity (Wildman–Crippen MR) is 419 cm³/mol. The molecule has 10 heterocycles. The van der Waals surface area contributed by atoms with Gasteiger partial charge >= 0.3 is 20.8 Å². The maximum absolute atomic E-state index is 13.3. The standard InChI is InChI=1S/C72H120N6O56S2/c1-17-39(92)49(102)52(105)69(116-17)114-16-32-57(43(96)33(63(107)117-32)73-18(2)86)128-64-34(74-19(3)87)46(99)56(28(12-83)120-64)129-70-53(106)60(130-72-62(51(104)41(94)25(9-80)119-72)132-68-36(76-21(5)89)45(98)55(27(11-82)122-68)127-66-38(78-23(7)91)48(101)59(30(14-85)124-66)134-136(111,112)113)42(95)31(125-70)15-115-71-61(50(103)40(93)24(8-79)118-71)131-67-35(75-20(4)88)44(97)54(26(10-81)121-67)126-65-37(77-22(6)90)47(100)58(29(13-84)123-65)133-135(108,109)110/h17,24-72,79-85,92-107H,8-16H2,1-7H3,(H,73,86)(H,74,87)(H,75,88)(H,76,89)(H,77,90)(H,78,91)(H,108,109,110)(H,111,112,113)/t17-,24+,25+,26+,27+,28+,29+,30+,31+,32+,33+,34+,35+,36+,37+,38+,39+,40+,41+,42+,43+,44+,45+,46+,47+,48+,49+,50-,51-,52-,53-,54+,55+,56+,57+,58-,59-,60-,61-,62-,63+,64-,65-,66-,67-,68-,69+,70-,71-,72+/m0/s1. The molecular weight excluding hydrogens is 1910 g/mol. The highest BCUT2D eigenvalue weighted by atomic mass is 32.3. The van der Waals surface area contributed by atoms with Gasteiger partial charge < -0.3 is 239 Å². The van der Waals surface area contributed by atoms with Crippen molar-refractivity contribution < 1.29 is 271 Å². The van der Waals surface area contributed by atoms with Gasteiger partial charge in [0, 0.05) is 41.5 Å². The van der Waals surface area contributed by atoms with Crippen LogP contribution in [0.5, 0.6) is 0 Å². The number of carbonyl (C=O) groups excluding carboxylic acids is 6. The molecule has 31 N–H and O–H groups in total. The molecule has 0 aliphatic carbocycles. The van der Waals surface area contributed by atoms with E-state index in [0.717, 1.165) is 41.5 Å². The second-order valence-electron chi connectivity index (χ2n) is 33.5. The van der Waals surface area contributed by atoms with E-state index in [-0.39, 0.29) is 0 Å². The quantitative estimate of drug-likeness (QED) is 0.0257. The van der Waals surface area contributed by atoms with Crippen LogP contribution >= 0.6 is 0 Å². The van der Waals surface area contributed by atoms with Crippen LogP contribution in [-0.2, 0) is 148 Å². The number of hydrogen-bond acceptors (Lipinski definition) is 54. The minimum Gasteiger partial charge on any atom is -0.394 e. The Labute approximate surface area is 770 Å². The van der Waals surface area contributed by atoms with E-state index in [2.05, 4.69) is 40.3 Å². The highest BCUT2D eigenvalue weighted by molar-refractivity contribution is 7.81. The van der Waals surface area contributed by atoms with Gasteiger partial charge in [-0.05, 0) is 6.92 Å². The zero-order valence-corrected chi connectivity index (χ0v) is 74.5. The van der Waals surface area contributed by atoms with Crippen LogP contribution in [0.25, 0.3) is 0 Å². The third kappa shape index (κ3) is 26.7. The summed E-state index contributed by atoms with van der Waals surface area (Å²) in [7, 11) is -10.9. The lowest BCUT2D eigenvalue weighted by Crippen LogP contribution is -2.71. The molecule has 0 aromatic rings. The van der Waals surface area contributed by atoms with Gasteiger partial charge in [0.2, 0.25) is 35.4 Å². The van der Waals surface area contributed by atoms with Crippen LogP contribution in [0.1, 0.15) is 48.5 Å². The lowest BCUT2D eigenvalue weighted by molar-refractivity contribution is -0.398. The summed E-state index contributed by atoms with van der Waals surface area (Å²) in [6, 6.07) is -12.0. The third-order valence-electron chi connectivity index (χ3n) is 23.6. The molecule has 0 aromatic carbocycles. The Balaban J connectivity index is 0.998. The first kappa shape index (κ1) is 113. The molecule has 10 saturated heterocycles. The Hall–Kier alpha value is -5.12. The van der Waals surface area contributed by atoms with Crippen molar-refractivity contribution in [3.05, 3.63) is 0 Å². The first-order valence-corrected chi connectivity index (χ1v) is 45.0. The lowest BCUT2D eigenvalue weighted by Gasteiger charge is -2.51. The van der Waals surface area contributed by atoms with Crippen molar-refractivity contribution in [2.45, 2.75) is 355 Å². The molecule has 10 fully saturated rings. The smallest absolute Gasteiger partial charge is 0.394 e. The van der Waals surface area contributed by atoms with Crippen LogP contribution in [-0.4, -0.2) is 545 Å². The summed E-state index contributed by atoms with van der Waals surface area (Å²) in [6.45, 7) is -4.28. The molecule has 10 aliphatic heterocycles. The Kier molecular flexibility index (Phi) is 40.2. The minimum absolute atomic E-state index is 0.865. The fraction of sp³-hybridized carbons (Fsp3) is 0.917. The molecule has 0 bridgehead atoms. The van der Waals surface area contributed by atoms with Gasteiger partial charge in [0.1, 0.15) is 238 Å². The molecule has 0 unspecified atom stereocenters.